The monoisotopic (exact) mass is 276 g/mol. The molecule has 4 heteroatoms. The molecular weight excluding hydrogens is 252 g/mol. The van der Waals surface area contributed by atoms with E-state index >= 15 is 0 Å². The molecule has 1 fully saturated rings. The van der Waals surface area contributed by atoms with E-state index in [1.807, 2.05) is 26.0 Å². The van der Waals surface area contributed by atoms with Crippen molar-refractivity contribution in [3.8, 4) is 5.75 Å². The zero-order valence-corrected chi connectivity index (χ0v) is 12.4. The van der Waals surface area contributed by atoms with Gasteiger partial charge < -0.3 is 15.7 Å². The number of ether oxygens (including phenoxy) is 1. The normalized spacial score (nSPS) is 17.8. The minimum absolute atomic E-state index is 0.136. The summed E-state index contributed by atoms with van der Waals surface area (Å²) in [5.74, 6) is 1.09. The molecule has 0 aromatic heterocycles. The Labute approximate surface area is 120 Å². The predicted molar refractivity (Wildman–Crippen MR) is 80.5 cm³/mol. The Morgan fingerprint density at radius 1 is 1.15 bits per heavy atom. The fourth-order valence-corrected chi connectivity index (χ4v) is 2.87. The molecule has 1 saturated carbocycles. The SMILES string of the molecule is Cc1cc(/C(N)=N/O)cc(C)c1OC1CCCCCC1. The van der Waals surface area contributed by atoms with Crippen LogP contribution in [0.25, 0.3) is 0 Å². The van der Waals surface area contributed by atoms with Crippen molar-refractivity contribution in [2.24, 2.45) is 10.9 Å². The molecule has 0 radical (unpaired) electrons. The van der Waals surface area contributed by atoms with Crippen molar-refractivity contribution in [1.82, 2.24) is 0 Å². The number of nitrogens with two attached hydrogens (primary N) is 1. The van der Waals surface area contributed by atoms with Crippen molar-refractivity contribution >= 4 is 5.84 Å². The maximum Gasteiger partial charge on any atom is 0.170 e. The first kappa shape index (κ1) is 14.7. The summed E-state index contributed by atoms with van der Waals surface area (Å²) in [6.07, 6.45) is 7.75. The van der Waals surface area contributed by atoms with E-state index in [0.29, 0.717) is 6.10 Å². The van der Waals surface area contributed by atoms with Crippen LogP contribution in [0.15, 0.2) is 17.3 Å². The van der Waals surface area contributed by atoms with Crippen LogP contribution in [0, 0.1) is 13.8 Å². The molecule has 0 amide bonds. The van der Waals surface area contributed by atoms with Gasteiger partial charge in [0.25, 0.3) is 0 Å². The van der Waals surface area contributed by atoms with Gasteiger partial charge in [-0.3, -0.25) is 0 Å². The van der Waals surface area contributed by atoms with Gasteiger partial charge in [-0.1, -0.05) is 18.0 Å². The van der Waals surface area contributed by atoms with Crippen molar-refractivity contribution in [3.05, 3.63) is 28.8 Å². The van der Waals surface area contributed by atoms with Crippen molar-refractivity contribution in [2.45, 2.75) is 58.5 Å². The number of nitrogens with zero attached hydrogens (tertiary/aromatic N) is 1. The van der Waals surface area contributed by atoms with Crippen LogP contribution in [0.3, 0.4) is 0 Å². The Hall–Kier alpha value is -1.71. The van der Waals surface area contributed by atoms with Gasteiger partial charge in [0.15, 0.2) is 5.84 Å². The summed E-state index contributed by atoms with van der Waals surface area (Å²) in [6.45, 7) is 4.01. The van der Waals surface area contributed by atoms with Crippen LogP contribution in [0.1, 0.15) is 55.2 Å². The fraction of sp³-hybridized carbons (Fsp3) is 0.562. The number of amidine groups is 1. The number of hydrogen-bond donors (Lipinski definition) is 2. The molecular formula is C16H24N2O2. The van der Waals surface area contributed by atoms with E-state index in [4.69, 9.17) is 15.7 Å². The van der Waals surface area contributed by atoms with Gasteiger partial charge in [0, 0.05) is 5.56 Å². The number of oxime groups is 1. The van der Waals surface area contributed by atoms with Crippen LogP contribution in [0.4, 0.5) is 0 Å². The first-order valence-corrected chi connectivity index (χ1v) is 7.37. The molecule has 1 aromatic carbocycles. The highest BCUT2D eigenvalue weighted by atomic mass is 16.5. The summed E-state index contributed by atoms with van der Waals surface area (Å²) in [4.78, 5) is 0. The minimum Gasteiger partial charge on any atom is -0.490 e. The lowest BCUT2D eigenvalue weighted by molar-refractivity contribution is 0.181. The highest BCUT2D eigenvalue weighted by Crippen LogP contribution is 2.29. The molecule has 0 spiro atoms. The maximum absolute atomic E-state index is 8.76. The lowest BCUT2D eigenvalue weighted by atomic mass is 10.0. The number of benzene rings is 1. The Balaban J connectivity index is 2.19. The summed E-state index contributed by atoms with van der Waals surface area (Å²) < 4.78 is 6.22. The van der Waals surface area contributed by atoms with Crippen LogP contribution in [-0.2, 0) is 0 Å². The largest absolute Gasteiger partial charge is 0.490 e. The third kappa shape index (κ3) is 3.44. The quantitative estimate of drug-likeness (QED) is 0.292. The highest BCUT2D eigenvalue weighted by Gasteiger charge is 2.17. The average molecular weight is 276 g/mol. The lowest BCUT2D eigenvalue weighted by Crippen LogP contribution is -2.18. The molecule has 0 aliphatic heterocycles. The molecule has 4 nitrogen and oxygen atoms in total. The number of hydrogen-bond acceptors (Lipinski definition) is 3. The topological polar surface area (TPSA) is 67.8 Å². The van der Waals surface area contributed by atoms with E-state index in [1.165, 1.54) is 25.7 Å². The Morgan fingerprint density at radius 3 is 2.20 bits per heavy atom. The van der Waals surface area contributed by atoms with E-state index < -0.39 is 0 Å². The zero-order valence-electron chi connectivity index (χ0n) is 12.4. The second-order valence-electron chi connectivity index (χ2n) is 5.66. The van der Waals surface area contributed by atoms with Gasteiger partial charge in [0.1, 0.15) is 5.75 Å². The molecule has 3 N–H and O–H groups in total. The van der Waals surface area contributed by atoms with Crippen molar-refractivity contribution < 1.29 is 9.94 Å². The van der Waals surface area contributed by atoms with Crippen molar-refractivity contribution in [3.63, 3.8) is 0 Å². The van der Waals surface area contributed by atoms with Gasteiger partial charge in [-0.2, -0.15) is 0 Å². The Morgan fingerprint density at radius 2 is 1.70 bits per heavy atom. The zero-order chi connectivity index (χ0) is 14.5. The number of aryl methyl sites for hydroxylation is 2. The molecule has 110 valence electrons. The minimum atomic E-state index is 0.136. The average Bonchev–Trinajstić information content (AvgIpc) is 2.70. The second-order valence-corrected chi connectivity index (χ2v) is 5.66. The molecule has 1 aromatic rings. The first-order valence-electron chi connectivity index (χ1n) is 7.37. The van der Waals surface area contributed by atoms with E-state index in [1.54, 1.807) is 0 Å². The Bertz CT molecular complexity index is 466. The van der Waals surface area contributed by atoms with Gasteiger partial charge in [-0.05, 0) is 62.8 Å². The smallest absolute Gasteiger partial charge is 0.170 e. The highest BCUT2D eigenvalue weighted by molar-refractivity contribution is 5.97. The molecule has 1 aliphatic carbocycles. The third-order valence-electron chi connectivity index (χ3n) is 3.95. The van der Waals surface area contributed by atoms with Gasteiger partial charge in [0.2, 0.25) is 0 Å². The summed E-state index contributed by atoms with van der Waals surface area (Å²) in [5, 5.41) is 11.8. The lowest BCUT2D eigenvalue weighted by Gasteiger charge is -2.21. The van der Waals surface area contributed by atoms with Crippen molar-refractivity contribution in [1.29, 1.82) is 0 Å². The van der Waals surface area contributed by atoms with Gasteiger partial charge in [-0.15, -0.1) is 0 Å². The first-order chi connectivity index (χ1) is 9.61. The van der Waals surface area contributed by atoms with Gasteiger partial charge in [0.05, 0.1) is 6.10 Å². The molecule has 0 saturated heterocycles. The number of rotatable bonds is 3. The van der Waals surface area contributed by atoms with E-state index in [-0.39, 0.29) is 5.84 Å². The van der Waals surface area contributed by atoms with E-state index in [0.717, 1.165) is 35.3 Å². The van der Waals surface area contributed by atoms with Crippen LogP contribution in [-0.4, -0.2) is 17.1 Å². The van der Waals surface area contributed by atoms with E-state index in [9.17, 15) is 0 Å². The molecule has 0 heterocycles. The van der Waals surface area contributed by atoms with Crippen LogP contribution in [0.5, 0.6) is 5.75 Å². The Kier molecular flexibility index (Phi) is 4.88. The molecule has 20 heavy (non-hydrogen) atoms. The van der Waals surface area contributed by atoms with Crippen LogP contribution >= 0.6 is 0 Å². The fourth-order valence-electron chi connectivity index (χ4n) is 2.87. The summed E-state index contributed by atoms with van der Waals surface area (Å²) >= 11 is 0. The summed E-state index contributed by atoms with van der Waals surface area (Å²) in [5.41, 5.74) is 8.45. The van der Waals surface area contributed by atoms with Crippen LogP contribution in [0.2, 0.25) is 0 Å². The summed E-state index contributed by atoms with van der Waals surface area (Å²) in [6, 6.07) is 3.82. The van der Waals surface area contributed by atoms with Gasteiger partial charge in [-0.25, -0.2) is 0 Å². The molecule has 0 bridgehead atoms. The summed E-state index contributed by atoms with van der Waals surface area (Å²) in [7, 11) is 0. The molecule has 1 aliphatic rings. The molecule has 0 unspecified atom stereocenters. The van der Waals surface area contributed by atoms with E-state index in [2.05, 4.69) is 5.16 Å². The van der Waals surface area contributed by atoms with Crippen LogP contribution < -0.4 is 10.5 Å². The van der Waals surface area contributed by atoms with Gasteiger partial charge >= 0.3 is 0 Å². The predicted octanol–water partition coefficient (Wildman–Crippen LogP) is 3.50. The standard InChI is InChI=1S/C16H24N2O2/c1-11-9-13(16(17)18-19)10-12(2)15(11)20-14-7-5-3-4-6-8-14/h9-10,14,19H,3-8H2,1-2H3,(H2,17,18). The molecule has 0 atom stereocenters. The molecule has 2 rings (SSSR count). The second kappa shape index (κ2) is 6.64. The van der Waals surface area contributed by atoms with Crippen molar-refractivity contribution in [2.75, 3.05) is 0 Å². The maximum atomic E-state index is 8.76. The third-order valence-corrected chi connectivity index (χ3v) is 3.95.